The van der Waals surface area contributed by atoms with Gasteiger partial charge in [-0.05, 0) is 32.7 Å². The third kappa shape index (κ3) is 12.0. The zero-order valence-electron chi connectivity index (χ0n) is 15.1. The lowest BCUT2D eigenvalue weighted by molar-refractivity contribution is -0.131. The van der Waals surface area contributed by atoms with E-state index in [9.17, 15) is 14.7 Å². The van der Waals surface area contributed by atoms with Crippen molar-refractivity contribution < 1.29 is 14.7 Å². The molecule has 3 N–H and O–H groups in total. The molecule has 0 heterocycles. The average Bonchev–Trinajstić information content (AvgIpc) is 2.54. The number of aliphatic hydroxyl groups excluding tert-OH is 1. The number of hydrogen-bond donors (Lipinski definition) is 3. The standard InChI is InChI=1S/C17H35N3O3/c1-4-7-11-18-13-15(21)14-19-16(22)9-8-10-17(23)20(6-3)12-5-2/h15,18,21H,4-14H2,1-3H3,(H,19,22). The molecule has 0 aliphatic heterocycles. The van der Waals surface area contributed by atoms with Crippen molar-refractivity contribution in [2.75, 3.05) is 32.7 Å². The Bertz CT molecular complexity index is 324. The van der Waals surface area contributed by atoms with Gasteiger partial charge in [0.2, 0.25) is 11.8 Å². The summed E-state index contributed by atoms with van der Waals surface area (Å²) >= 11 is 0. The lowest BCUT2D eigenvalue weighted by atomic mass is 10.2. The molecule has 136 valence electrons. The molecule has 6 nitrogen and oxygen atoms in total. The van der Waals surface area contributed by atoms with Crippen LogP contribution in [0.2, 0.25) is 0 Å². The van der Waals surface area contributed by atoms with Crippen LogP contribution in [0.1, 0.15) is 59.3 Å². The maximum atomic E-state index is 11.9. The molecule has 6 heteroatoms. The molecule has 23 heavy (non-hydrogen) atoms. The molecule has 1 atom stereocenters. The van der Waals surface area contributed by atoms with Crippen molar-refractivity contribution in [2.45, 2.75) is 65.4 Å². The first-order valence-electron chi connectivity index (χ1n) is 8.98. The Morgan fingerprint density at radius 3 is 2.39 bits per heavy atom. The van der Waals surface area contributed by atoms with Crippen molar-refractivity contribution in [3.63, 3.8) is 0 Å². The quantitative estimate of drug-likeness (QED) is 0.419. The Hall–Kier alpha value is -1.14. The van der Waals surface area contributed by atoms with Gasteiger partial charge in [0.05, 0.1) is 6.10 Å². The highest BCUT2D eigenvalue weighted by Crippen LogP contribution is 2.02. The van der Waals surface area contributed by atoms with Gasteiger partial charge in [0.1, 0.15) is 0 Å². The molecule has 0 aliphatic rings. The first-order valence-corrected chi connectivity index (χ1v) is 8.98. The second-order valence-corrected chi connectivity index (χ2v) is 5.84. The van der Waals surface area contributed by atoms with Gasteiger partial charge in [-0.2, -0.15) is 0 Å². The van der Waals surface area contributed by atoms with Crippen LogP contribution in [0.5, 0.6) is 0 Å². The molecule has 0 saturated heterocycles. The van der Waals surface area contributed by atoms with Gasteiger partial charge in [-0.1, -0.05) is 20.3 Å². The molecular formula is C17H35N3O3. The van der Waals surface area contributed by atoms with Crippen molar-refractivity contribution in [2.24, 2.45) is 0 Å². The lowest BCUT2D eigenvalue weighted by Gasteiger charge is -2.19. The number of carbonyl (C=O) groups excluding carboxylic acids is 2. The van der Waals surface area contributed by atoms with E-state index in [1.165, 1.54) is 0 Å². The SMILES string of the molecule is CCCCNCC(O)CNC(=O)CCCC(=O)N(CC)CCC. The van der Waals surface area contributed by atoms with Crippen LogP contribution in [-0.2, 0) is 9.59 Å². The smallest absolute Gasteiger partial charge is 0.222 e. The Morgan fingerprint density at radius 1 is 1.04 bits per heavy atom. The highest BCUT2D eigenvalue weighted by atomic mass is 16.3. The van der Waals surface area contributed by atoms with Crippen LogP contribution < -0.4 is 10.6 Å². The topological polar surface area (TPSA) is 81.7 Å². The number of carbonyl (C=O) groups is 2. The molecule has 0 spiro atoms. The summed E-state index contributed by atoms with van der Waals surface area (Å²) in [6.45, 7) is 9.25. The minimum absolute atomic E-state index is 0.107. The fourth-order valence-corrected chi connectivity index (χ4v) is 2.25. The summed E-state index contributed by atoms with van der Waals surface area (Å²) in [7, 11) is 0. The van der Waals surface area contributed by atoms with Crippen LogP contribution in [0.25, 0.3) is 0 Å². The van der Waals surface area contributed by atoms with Crippen LogP contribution in [0.15, 0.2) is 0 Å². The molecule has 0 aliphatic carbocycles. The molecule has 0 saturated carbocycles. The van der Waals surface area contributed by atoms with Crippen molar-refractivity contribution >= 4 is 11.8 Å². The second kappa shape index (κ2) is 14.5. The minimum Gasteiger partial charge on any atom is -0.390 e. The van der Waals surface area contributed by atoms with E-state index in [1.54, 1.807) is 0 Å². The van der Waals surface area contributed by atoms with Gasteiger partial charge in [0, 0.05) is 39.0 Å². The molecular weight excluding hydrogens is 294 g/mol. The number of nitrogens with one attached hydrogen (secondary N) is 2. The molecule has 0 fully saturated rings. The fourth-order valence-electron chi connectivity index (χ4n) is 2.25. The van der Waals surface area contributed by atoms with E-state index >= 15 is 0 Å². The molecule has 2 amide bonds. The summed E-state index contributed by atoms with van der Waals surface area (Å²) in [6.07, 6.45) is 3.86. The summed E-state index contributed by atoms with van der Waals surface area (Å²) in [4.78, 5) is 25.5. The zero-order valence-corrected chi connectivity index (χ0v) is 15.1. The normalized spacial score (nSPS) is 12.0. The first-order chi connectivity index (χ1) is 11.0. The highest BCUT2D eigenvalue weighted by molar-refractivity contribution is 5.78. The molecule has 0 radical (unpaired) electrons. The van der Waals surface area contributed by atoms with Gasteiger partial charge in [-0.15, -0.1) is 0 Å². The average molecular weight is 329 g/mol. The van der Waals surface area contributed by atoms with E-state index in [0.29, 0.717) is 25.8 Å². The highest BCUT2D eigenvalue weighted by Gasteiger charge is 2.12. The minimum atomic E-state index is -0.572. The molecule has 0 aromatic heterocycles. The van der Waals surface area contributed by atoms with Crippen LogP contribution >= 0.6 is 0 Å². The second-order valence-electron chi connectivity index (χ2n) is 5.84. The van der Waals surface area contributed by atoms with Crippen LogP contribution in [-0.4, -0.2) is 60.6 Å². The van der Waals surface area contributed by atoms with E-state index < -0.39 is 6.10 Å². The van der Waals surface area contributed by atoms with Gasteiger partial charge in [0.15, 0.2) is 0 Å². The Labute approximate surface area is 141 Å². The van der Waals surface area contributed by atoms with Crippen molar-refractivity contribution in [1.29, 1.82) is 0 Å². The van der Waals surface area contributed by atoms with Crippen molar-refractivity contribution in [3.05, 3.63) is 0 Å². The number of amides is 2. The number of unbranched alkanes of at least 4 members (excludes halogenated alkanes) is 1. The van der Waals surface area contributed by atoms with E-state index in [-0.39, 0.29) is 18.4 Å². The summed E-state index contributed by atoms with van der Waals surface area (Å²) in [5.41, 5.74) is 0. The summed E-state index contributed by atoms with van der Waals surface area (Å²) in [5.74, 6) is 0.00579. The third-order valence-electron chi connectivity index (χ3n) is 3.64. The Kier molecular flexibility index (Phi) is 13.7. The Morgan fingerprint density at radius 2 is 1.78 bits per heavy atom. The predicted molar refractivity (Wildman–Crippen MR) is 93.2 cm³/mol. The van der Waals surface area contributed by atoms with Crippen LogP contribution in [0, 0.1) is 0 Å². The van der Waals surface area contributed by atoms with E-state index in [4.69, 9.17) is 0 Å². The number of hydrogen-bond acceptors (Lipinski definition) is 4. The first kappa shape index (κ1) is 21.9. The maximum absolute atomic E-state index is 11.9. The number of aliphatic hydroxyl groups is 1. The van der Waals surface area contributed by atoms with E-state index in [1.807, 2.05) is 18.7 Å². The fraction of sp³-hybridized carbons (Fsp3) is 0.882. The molecule has 0 bridgehead atoms. The molecule has 0 aromatic rings. The van der Waals surface area contributed by atoms with E-state index in [0.717, 1.165) is 38.9 Å². The van der Waals surface area contributed by atoms with E-state index in [2.05, 4.69) is 17.6 Å². The molecule has 1 unspecified atom stereocenters. The van der Waals surface area contributed by atoms with Crippen LogP contribution in [0.3, 0.4) is 0 Å². The third-order valence-corrected chi connectivity index (χ3v) is 3.64. The van der Waals surface area contributed by atoms with Gasteiger partial charge in [-0.25, -0.2) is 0 Å². The van der Waals surface area contributed by atoms with Gasteiger partial charge < -0.3 is 20.6 Å². The summed E-state index contributed by atoms with van der Waals surface area (Å²) in [6, 6.07) is 0. The van der Waals surface area contributed by atoms with Crippen LogP contribution in [0.4, 0.5) is 0 Å². The zero-order chi connectivity index (χ0) is 17.5. The number of rotatable bonds is 14. The lowest BCUT2D eigenvalue weighted by Crippen LogP contribution is -2.38. The van der Waals surface area contributed by atoms with Gasteiger partial charge >= 0.3 is 0 Å². The van der Waals surface area contributed by atoms with Crippen molar-refractivity contribution in [3.8, 4) is 0 Å². The van der Waals surface area contributed by atoms with Gasteiger partial charge in [0.25, 0.3) is 0 Å². The Balaban J connectivity index is 3.72. The number of nitrogens with zero attached hydrogens (tertiary/aromatic N) is 1. The summed E-state index contributed by atoms with van der Waals surface area (Å²) < 4.78 is 0. The predicted octanol–water partition coefficient (Wildman–Crippen LogP) is 1.28. The monoisotopic (exact) mass is 329 g/mol. The van der Waals surface area contributed by atoms with Crippen molar-refractivity contribution in [1.82, 2.24) is 15.5 Å². The molecule has 0 aromatic carbocycles. The molecule has 0 rings (SSSR count). The maximum Gasteiger partial charge on any atom is 0.222 e. The largest absolute Gasteiger partial charge is 0.390 e. The van der Waals surface area contributed by atoms with Gasteiger partial charge in [-0.3, -0.25) is 9.59 Å². The summed E-state index contributed by atoms with van der Waals surface area (Å²) in [5, 5.41) is 15.6.